The maximum atomic E-state index is 13.2. The molecule has 1 rings (SSSR count). The Balaban J connectivity index is 2.44. The molecule has 5 heteroatoms. The Morgan fingerprint density at radius 2 is 2.33 bits per heavy atom. The van der Waals surface area contributed by atoms with Crippen LogP contribution in [0.1, 0.15) is 6.92 Å². The number of pyridine rings is 1. The number of hydrogen-bond acceptors (Lipinski definition) is 3. The third kappa shape index (κ3) is 4.01. The fourth-order valence-corrected chi connectivity index (χ4v) is 1.21. The molecule has 0 atom stereocenters. The van der Waals surface area contributed by atoms with E-state index in [1.807, 2.05) is 7.05 Å². The Hall–Kier alpha value is -0.870. The van der Waals surface area contributed by atoms with Crippen LogP contribution in [0.2, 0.25) is 5.02 Å². The lowest BCUT2D eigenvalue weighted by Crippen LogP contribution is -2.25. The second kappa shape index (κ2) is 5.88. The van der Waals surface area contributed by atoms with Gasteiger partial charge in [-0.15, -0.1) is 0 Å². The van der Waals surface area contributed by atoms with Gasteiger partial charge in [0.25, 0.3) is 0 Å². The van der Waals surface area contributed by atoms with Gasteiger partial charge in [-0.25, -0.2) is 9.37 Å². The molecule has 1 heterocycles. The van der Waals surface area contributed by atoms with E-state index >= 15 is 0 Å². The van der Waals surface area contributed by atoms with Crippen LogP contribution in [0.15, 0.2) is 12.3 Å². The first-order valence-corrected chi connectivity index (χ1v) is 5.24. The van der Waals surface area contributed by atoms with Crippen molar-refractivity contribution in [1.29, 1.82) is 0 Å². The maximum absolute atomic E-state index is 13.2. The summed E-state index contributed by atoms with van der Waals surface area (Å²) in [5, 5.41) is 3.23. The second-order valence-electron chi connectivity index (χ2n) is 3.31. The van der Waals surface area contributed by atoms with Gasteiger partial charge in [0.05, 0.1) is 5.02 Å². The minimum atomic E-state index is -0.415. The summed E-state index contributed by atoms with van der Waals surface area (Å²) in [4.78, 5) is 5.99. The van der Waals surface area contributed by atoms with Crippen LogP contribution in [0.4, 0.5) is 10.2 Å². The number of rotatable bonds is 5. The molecule has 0 unspecified atom stereocenters. The van der Waals surface area contributed by atoms with Crippen LogP contribution >= 0.6 is 11.6 Å². The zero-order valence-corrected chi connectivity index (χ0v) is 9.68. The highest BCUT2D eigenvalue weighted by atomic mass is 35.5. The molecule has 0 spiro atoms. The highest BCUT2D eigenvalue weighted by Gasteiger charge is 2.03. The van der Waals surface area contributed by atoms with Crippen LogP contribution in [0.25, 0.3) is 0 Å². The van der Waals surface area contributed by atoms with Crippen molar-refractivity contribution in [3.05, 3.63) is 23.1 Å². The van der Waals surface area contributed by atoms with Crippen LogP contribution < -0.4 is 5.32 Å². The zero-order chi connectivity index (χ0) is 11.3. The fraction of sp³-hybridized carbons (Fsp3) is 0.500. The lowest BCUT2D eigenvalue weighted by Gasteiger charge is -2.14. The summed E-state index contributed by atoms with van der Waals surface area (Å²) < 4.78 is 13.2. The first-order valence-electron chi connectivity index (χ1n) is 4.87. The Labute approximate surface area is 94.3 Å². The highest BCUT2D eigenvalue weighted by molar-refractivity contribution is 6.30. The Kier molecular flexibility index (Phi) is 4.78. The van der Waals surface area contributed by atoms with Crippen LogP contribution in [0.5, 0.6) is 0 Å². The van der Waals surface area contributed by atoms with Crippen LogP contribution in [0.3, 0.4) is 0 Å². The molecule has 1 aromatic heterocycles. The summed E-state index contributed by atoms with van der Waals surface area (Å²) in [6, 6.07) is 1.25. The van der Waals surface area contributed by atoms with E-state index in [1.54, 1.807) is 0 Å². The molecule has 0 amide bonds. The molecule has 0 saturated carbocycles. The molecule has 1 N–H and O–H groups in total. The van der Waals surface area contributed by atoms with Crippen molar-refractivity contribution < 1.29 is 4.39 Å². The summed E-state index contributed by atoms with van der Waals surface area (Å²) in [5.41, 5.74) is 0. The van der Waals surface area contributed by atoms with Crippen LogP contribution in [0, 0.1) is 5.82 Å². The highest BCUT2D eigenvalue weighted by Crippen LogP contribution is 2.14. The van der Waals surface area contributed by atoms with Gasteiger partial charge in [-0.05, 0) is 19.7 Å². The molecular formula is C10H15ClFN3. The largest absolute Gasteiger partial charge is 0.366 e. The molecule has 0 aliphatic rings. The van der Waals surface area contributed by atoms with Crippen LogP contribution in [-0.4, -0.2) is 36.6 Å². The summed E-state index contributed by atoms with van der Waals surface area (Å²) >= 11 is 5.59. The molecule has 0 fully saturated rings. The Bertz CT molecular complexity index is 320. The third-order valence-electron chi connectivity index (χ3n) is 2.13. The van der Waals surface area contributed by atoms with E-state index in [0.29, 0.717) is 11.6 Å². The Morgan fingerprint density at radius 3 is 2.93 bits per heavy atom. The van der Waals surface area contributed by atoms with E-state index in [9.17, 15) is 4.39 Å². The number of nitrogens with zero attached hydrogens (tertiary/aromatic N) is 2. The Morgan fingerprint density at radius 1 is 1.60 bits per heavy atom. The summed E-state index contributed by atoms with van der Waals surface area (Å²) in [5.74, 6) is -0.162. The fourth-order valence-electron chi connectivity index (χ4n) is 1.07. The van der Waals surface area contributed by atoms with Gasteiger partial charge >= 0.3 is 0 Å². The number of likely N-dealkylation sites (N-methyl/N-ethyl adjacent to an activating group) is 1. The zero-order valence-electron chi connectivity index (χ0n) is 8.93. The van der Waals surface area contributed by atoms with E-state index in [2.05, 4.69) is 22.1 Å². The van der Waals surface area contributed by atoms with Crippen molar-refractivity contribution in [1.82, 2.24) is 9.88 Å². The lowest BCUT2D eigenvalue weighted by molar-refractivity contribution is 0.366. The molecule has 0 radical (unpaired) electrons. The maximum Gasteiger partial charge on any atom is 0.166 e. The average molecular weight is 232 g/mol. The standard InChI is InChI=1S/C10H15ClFN3/c1-3-15(2)5-4-13-10-9(12)6-8(11)7-14-10/h6-7H,3-5H2,1-2H3,(H,13,14). The number of hydrogen-bond donors (Lipinski definition) is 1. The van der Waals surface area contributed by atoms with Gasteiger partial charge in [0.2, 0.25) is 0 Å². The molecular weight excluding hydrogens is 217 g/mol. The van der Waals surface area contributed by atoms with E-state index in [0.717, 1.165) is 13.1 Å². The van der Waals surface area contributed by atoms with Crippen molar-refractivity contribution in [2.45, 2.75) is 6.92 Å². The summed E-state index contributed by atoms with van der Waals surface area (Å²) in [6.07, 6.45) is 1.43. The topological polar surface area (TPSA) is 28.2 Å². The van der Waals surface area contributed by atoms with Crippen molar-refractivity contribution in [2.24, 2.45) is 0 Å². The molecule has 1 aromatic rings. The molecule has 15 heavy (non-hydrogen) atoms. The van der Waals surface area contributed by atoms with Gasteiger partial charge in [0.1, 0.15) is 0 Å². The third-order valence-corrected chi connectivity index (χ3v) is 2.34. The first-order chi connectivity index (χ1) is 7.13. The number of anilines is 1. The molecule has 0 aromatic carbocycles. The first kappa shape index (κ1) is 12.2. The van der Waals surface area contributed by atoms with Crippen molar-refractivity contribution in [2.75, 3.05) is 32.0 Å². The predicted octanol–water partition coefficient (Wildman–Crippen LogP) is 2.24. The average Bonchev–Trinajstić information content (AvgIpc) is 2.21. The summed E-state index contributed by atoms with van der Waals surface area (Å²) in [6.45, 7) is 4.55. The monoisotopic (exact) mass is 231 g/mol. The van der Waals surface area contributed by atoms with Crippen molar-refractivity contribution in [3.63, 3.8) is 0 Å². The normalized spacial score (nSPS) is 10.7. The minimum absolute atomic E-state index is 0.254. The lowest BCUT2D eigenvalue weighted by atomic mass is 10.4. The predicted molar refractivity (Wildman–Crippen MR) is 60.9 cm³/mol. The molecule has 84 valence electrons. The molecule has 0 aliphatic carbocycles. The molecule has 0 bridgehead atoms. The second-order valence-corrected chi connectivity index (χ2v) is 3.74. The van der Waals surface area contributed by atoms with Gasteiger partial charge in [-0.1, -0.05) is 18.5 Å². The van der Waals surface area contributed by atoms with E-state index in [4.69, 9.17) is 11.6 Å². The van der Waals surface area contributed by atoms with Gasteiger partial charge in [-0.2, -0.15) is 0 Å². The van der Waals surface area contributed by atoms with E-state index in [1.165, 1.54) is 12.3 Å². The van der Waals surface area contributed by atoms with Crippen molar-refractivity contribution >= 4 is 17.4 Å². The molecule has 0 aliphatic heterocycles. The SMILES string of the molecule is CCN(C)CCNc1ncc(Cl)cc1F. The van der Waals surface area contributed by atoms with Gasteiger partial charge < -0.3 is 10.2 Å². The number of aromatic nitrogens is 1. The summed E-state index contributed by atoms with van der Waals surface area (Å²) in [7, 11) is 2.01. The smallest absolute Gasteiger partial charge is 0.166 e. The minimum Gasteiger partial charge on any atom is -0.366 e. The van der Waals surface area contributed by atoms with Gasteiger partial charge in [0, 0.05) is 19.3 Å². The quantitative estimate of drug-likeness (QED) is 0.843. The number of halogens is 2. The van der Waals surface area contributed by atoms with Gasteiger partial charge in [0.15, 0.2) is 11.6 Å². The molecule has 3 nitrogen and oxygen atoms in total. The number of nitrogens with one attached hydrogen (secondary N) is 1. The van der Waals surface area contributed by atoms with Crippen LogP contribution in [-0.2, 0) is 0 Å². The van der Waals surface area contributed by atoms with Gasteiger partial charge in [-0.3, -0.25) is 0 Å². The van der Waals surface area contributed by atoms with E-state index < -0.39 is 5.82 Å². The van der Waals surface area contributed by atoms with E-state index in [-0.39, 0.29) is 5.82 Å². The molecule has 0 saturated heterocycles. The van der Waals surface area contributed by atoms with Crippen molar-refractivity contribution in [3.8, 4) is 0 Å².